The van der Waals surface area contributed by atoms with Crippen LogP contribution in [0.15, 0.2) is 18.9 Å². The van der Waals surface area contributed by atoms with Crippen LogP contribution in [0, 0.1) is 0 Å². The SMILES string of the molecule is CNC.OC[C@H]1CO[C@H](n2cnc3cncnc32)O1. The number of aromatic nitrogens is 4. The van der Waals surface area contributed by atoms with E-state index in [9.17, 15) is 0 Å². The molecule has 0 aliphatic carbocycles. The maximum atomic E-state index is 8.94. The maximum Gasteiger partial charge on any atom is 0.247 e. The first-order chi connectivity index (χ1) is 9.30. The predicted molar refractivity (Wildman–Crippen MR) is 67.3 cm³/mol. The van der Waals surface area contributed by atoms with E-state index in [1.165, 1.54) is 6.33 Å². The Kier molecular flexibility index (Phi) is 4.74. The third kappa shape index (κ3) is 3.04. The molecule has 0 unspecified atom stereocenters. The molecule has 0 aromatic carbocycles. The first-order valence-electron chi connectivity index (χ1n) is 5.89. The van der Waals surface area contributed by atoms with Gasteiger partial charge >= 0.3 is 0 Å². The van der Waals surface area contributed by atoms with Crippen LogP contribution in [0.2, 0.25) is 0 Å². The number of aliphatic hydroxyl groups is 1. The maximum absolute atomic E-state index is 8.94. The fourth-order valence-corrected chi connectivity index (χ4v) is 1.61. The summed E-state index contributed by atoms with van der Waals surface area (Å²) < 4.78 is 12.5. The monoisotopic (exact) mass is 267 g/mol. The van der Waals surface area contributed by atoms with Gasteiger partial charge in [-0.2, -0.15) is 0 Å². The number of rotatable bonds is 2. The zero-order valence-corrected chi connectivity index (χ0v) is 10.9. The van der Waals surface area contributed by atoms with Gasteiger partial charge in [0.1, 0.15) is 24.3 Å². The van der Waals surface area contributed by atoms with Crippen LogP contribution in [0.3, 0.4) is 0 Å². The highest BCUT2D eigenvalue weighted by Crippen LogP contribution is 2.23. The topological polar surface area (TPSA) is 94.3 Å². The van der Waals surface area contributed by atoms with Gasteiger partial charge < -0.3 is 19.9 Å². The third-order valence-corrected chi connectivity index (χ3v) is 2.40. The highest BCUT2D eigenvalue weighted by Gasteiger charge is 2.28. The molecular formula is C11H17N5O3. The molecule has 19 heavy (non-hydrogen) atoms. The molecule has 8 nitrogen and oxygen atoms in total. The van der Waals surface area contributed by atoms with Crippen molar-refractivity contribution in [2.24, 2.45) is 0 Å². The van der Waals surface area contributed by atoms with Crippen molar-refractivity contribution in [3.63, 3.8) is 0 Å². The average molecular weight is 267 g/mol. The fraction of sp³-hybridized carbons (Fsp3) is 0.545. The molecule has 1 aliphatic heterocycles. The van der Waals surface area contributed by atoms with Gasteiger partial charge in [0, 0.05) is 0 Å². The largest absolute Gasteiger partial charge is 0.394 e. The number of hydrogen-bond donors (Lipinski definition) is 2. The lowest BCUT2D eigenvalue weighted by molar-refractivity contribution is -0.117. The van der Waals surface area contributed by atoms with Crippen molar-refractivity contribution in [3.05, 3.63) is 18.9 Å². The van der Waals surface area contributed by atoms with Crippen molar-refractivity contribution >= 4 is 11.2 Å². The second-order valence-corrected chi connectivity index (χ2v) is 3.96. The highest BCUT2D eigenvalue weighted by atomic mass is 16.7. The average Bonchev–Trinajstić information content (AvgIpc) is 3.05. The van der Waals surface area contributed by atoms with Gasteiger partial charge in [-0.15, -0.1) is 0 Å². The lowest BCUT2D eigenvalue weighted by atomic mass is 10.4. The van der Waals surface area contributed by atoms with Crippen molar-refractivity contribution in [1.82, 2.24) is 24.8 Å². The zero-order chi connectivity index (χ0) is 13.7. The molecule has 0 spiro atoms. The summed E-state index contributed by atoms with van der Waals surface area (Å²) in [5, 5.41) is 11.7. The normalized spacial score (nSPS) is 22.3. The van der Waals surface area contributed by atoms with E-state index in [4.69, 9.17) is 14.6 Å². The van der Waals surface area contributed by atoms with Gasteiger partial charge in [0.15, 0.2) is 5.65 Å². The molecule has 2 aromatic rings. The van der Waals surface area contributed by atoms with Gasteiger partial charge in [-0.1, -0.05) is 0 Å². The van der Waals surface area contributed by atoms with E-state index in [2.05, 4.69) is 20.3 Å². The molecule has 2 N–H and O–H groups in total. The second-order valence-electron chi connectivity index (χ2n) is 3.96. The Morgan fingerprint density at radius 3 is 2.95 bits per heavy atom. The number of aliphatic hydroxyl groups excluding tert-OH is 1. The minimum atomic E-state index is -0.572. The molecule has 3 rings (SSSR count). The van der Waals surface area contributed by atoms with Gasteiger partial charge in [-0.05, 0) is 14.1 Å². The van der Waals surface area contributed by atoms with Crippen LogP contribution >= 0.6 is 0 Å². The lowest BCUT2D eigenvalue weighted by Gasteiger charge is -2.11. The molecule has 0 bridgehead atoms. The van der Waals surface area contributed by atoms with E-state index in [0.717, 1.165) is 0 Å². The van der Waals surface area contributed by atoms with Crippen molar-refractivity contribution in [2.45, 2.75) is 12.5 Å². The van der Waals surface area contributed by atoms with E-state index < -0.39 is 6.41 Å². The molecule has 1 saturated heterocycles. The van der Waals surface area contributed by atoms with Gasteiger partial charge in [-0.25, -0.2) is 15.0 Å². The Morgan fingerprint density at radius 1 is 1.47 bits per heavy atom. The van der Waals surface area contributed by atoms with Crippen LogP contribution in [0.5, 0.6) is 0 Å². The molecule has 1 fully saturated rings. The fourth-order valence-electron chi connectivity index (χ4n) is 1.61. The molecular weight excluding hydrogens is 250 g/mol. The first kappa shape index (κ1) is 13.8. The molecule has 0 radical (unpaired) electrons. The number of hydrogen-bond acceptors (Lipinski definition) is 7. The van der Waals surface area contributed by atoms with E-state index in [1.54, 1.807) is 17.1 Å². The van der Waals surface area contributed by atoms with Gasteiger partial charge in [0.05, 0.1) is 19.4 Å². The van der Waals surface area contributed by atoms with Crippen molar-refractivity contribution in [2.75, 3.05) is 27.3 Å². The highest BCUT2D eigenvalue weighted by molar-refractivity contribution is 5.68. The first-order valence-corrected chi connectivity index (χ1v) is 5.89. The van der Waals surface area contributed by atoms with Crippen LogP contribution in [-0.4, -0.2) is 58.0 Å². The predicted octanol–water partition coefficient (Wildman–Crippen LogP) is -0.474. The molecule has 1 aliphatic rings. The van der Waals surface area contributed by atoms with Crippen molar-refractivity contribution in [1.29, 1.82) is 0 Å². The smallest absolute Gasteiger partial charge is 0.247 e. The summed E-state index contributed by atoms with van der Waals surface area (Å²) >= 11 is 0. The molecule has 3 heterocycles. The number of ether oxygens (including phenoxy) is 2. The summed E-state index contributed by atoms with van der Waals surface area (Å²) in [4.78, 5) is 12.1. The van der Waals surface area contributed by atoms with E-state index in [-0.39, 0.29) is 12.7 Å². The third-order valence-electron chi connectivity index (χ3n) is 2.40. The minimum absolute atomic E-state index is 0.0574. The molecule has 8 heteroatoms. The van der Waals surface area contributed by atoms with Gasteiger partial charge in [0.2, 0.25) is 6.41 Å². The standard InChI is InChI=1S/C9H10N4O3.C2H7N/c14-2-6-3-15-9(16-6)13-5-12-7-1-10-4-11-8(7)13;1-3-2/h1,4-6,9,14H,2-3H2;3H,1-2H3/t6-,9-;/m0./s1. The Labute approximate surface area is 110 Å². The molecule has 104 valence electrons. The number of fused-ring (bicyclic) bond motifs is 1. The molecule has 2 aromatic heterocycles. The summed E-state index contributed by atoms with van der Waals surface area (Å²) in [5.74, 6) is 0. The second kappa shape index (κ2) is 6.53. The van der Waals surface area contributed by atoms with Crippen molar-refractivity contribution in [3.8, 4) is 0 Å². The Hall–Kier alpha value is -1.61. The van der Waals surface area contributed by atoms with Gasteiger partial charge in [0.25, 0.3) is 0 Å². The van der Waals surface area contributed by atoms with Crippen LogP contribution in [0.4, 0.5) is 0 Å². The molecule has 2 atom stereocenters. The summed E-state index contributed by atoms with van der Waals surface area (Å²) in [5.41, 5.74) is 1.33. The van der Waals surface area contributed by atoms with Crippen LogP contribution in [0.1, 0.15) is 6.41 Å². The quantitative estimate of drug-likeness (QED) is 0.759. The van der Waals surface area contributed by atoms with Crippen LogP contribution in [0.25, 0.3) is 11.2 Å². The van der Waals surface area contributed by atoms with Crippen LogP contribution < -0.4 is 5.32 Å². The Morgan fingerprint density at radius 2 is 2.26 bits per heavy atom. The van der Waals surface area contributed by atoms with E-state index >= 15 is 0 Å². The summed E-state index contributed by atoms with van der Waals surface area (Å²) in [7, 11) is 3.75. The molecule has 0 amide bonds. The summed E-state index contributed by atoms with van der Waals surface area (Å²) in [6.07, 6.45) is 3.79. The number of imidazole rings is 1. The van der Waals surface area contributed by atoms with E-state index in [0.29, 0.717) is 17.8 Å². The minimum Gasteiger partial charge on any atom is -0.394 e. The van der Waals surface area contributed by atoms with Gasteiger partial charge in [-0.3, -0.25) is 4.57 Å². The van der Waals surface area contributed by atoms with Crippen molar-refractivity contribution < 1.29 is 14.6 Å². The Bertz CT molecular complexity index is 518. The number of nitrogens with one attached hydrogen (secondary N) is 1. The zero-order valence-electron chi connectivity index (χ0n) is 10.9. The van der Waals surface area contributed by atoms with E-state index in [1.807, 2.05) is 14.1 Å². The summed E-state index contributed by atoms with van der Waals surface area (Å²) in [6, 6.07) is 0. The number of nitrogens with zero attached hydrogens (tertiary/aromatic N) is 4. The summed E-state index contributed by atoms with van der Waals surface area (Å²) in [6.45, 7) is 0.310. The lowest BCUT2D eigenvalue weighted by Crippen LogP contribution is -2.15. The Balaban J connectivity index is 0.000000408. The van der Waals surface area contributed by atoms with Crippen LogP contribution in [-0.2, 0) is 9.47 Å². The molecule has 0 saturated carbocycles.